The first-order valence-electron chi connectivity index (χ1n) is 6.99. The number of amides is 2. The van der Waals surface area contributed by atoms with Gasteiger partial charge in [-0.25, -0.2) is 4.39 Å². The van der Waals surface area contributed by atoms with E-state index in [1.807, 2.05) is 6.07 Å². The molecule has 6 nitrogen and oxygen atoms in total. The predicted molar refractivity (Wildman–Crippen MR) is 90.2 cm³/mol. The fourth-order valence-corrected chi connectivity index (χ4v) is 2.73. The highest BCUT2D eigenvalue weighted by molar-refractivity contribution is 7.14. The van der Waals surface area contributed by atoms with Gasteiger partial charge in [0.25, 0.3) is 0 Å². The summed E-state index contributed by atoms with van der Waals surface area (Å²) >= 11 is 1.26. The molecule has 0 fully saturated rings. The van der Waals surface area contributed by atoms with Crippen molar-refractivity contribution < 1.29 is 14.0 Å². The van der Waals surface area contributed by atoms with Crippen LogP contribution in [0, 0.1) is 17.1 Å². The predicted octanol–water partition coefficient (Wildman–Crippen LogP) is 2.27. The van der Waals surface area contributed by atoms with Crippen molar-refractivity contribution in [3.05, 3.63) is 47.1 Å². The fourth-order valence-electron chi connectivity index (χ4n) is 1.97. The molecule has 0 spiro atoms. The maximum absolute atomic E-state index is 13.1. The number of rotatable bonds is 6. The summed E-state index contributed by atoms with van der Waals surface area (Å²) in [6.07, 6.45) is 0. The van der Waals surface area contributed by atoms with Gasteiger partial charge in [-0.1, -0.05) is 6.07 Å². The Balaban J connectivity index is 1.82. The van der Waals surface area contributed by atoms with Gasteiger partial charge >= 0.3 is 0 Å². The number of hydrogen-bond acceptors (Lipinski definition) is 5. The van der Waals surface area contributed by atoms with Crippen molar-refractivity contribution >= 4 is 33.8 Å². The third-order valence-electron chi connectivity index (χ3n) is 2.97. The topological polar surface area (TPSA) is 85.2 Å². The van der Waals surface area contributed by atoms with Crippen molar-refractivity contribution in [2.75, 3.05) is 30.8 Å². The average Bonchev–Trinajstić information content (AvgIpc) is 2.93. The molecule has 0 aliphatic carbocycles. The van der Waals surface area contributed by atoms with Gasteiger partial charge in [-0.3, -0.25) is 14.5 Å². The van der Waals surface area contributed by atoms with Crippen LogP contribution in [0.4, 0.5) is 15.1 Å². The second kappa shape index (κ2) is 8.19. The van der Waals surface area contributed by atoms with Crippen molar-refractivity contribution in [1.82, 2.24) is 4.90 Å². The first-order chi connectivity index (χ1) is 11.5. The van der Waals surface area contributed by atoms with Gasteiger partial charge in [-0.2, -0.15) is 5.26 Å². The third-order valence-corrected chi connectivity index (χ3v) is 3.80. The van der Waals surface area contributed by atoms with Gasteiger partial charge in [0.15, 0.2) is 0 Å². The average molecular weight is 346 g/mol. The Kier molecular flexibility index (Phi) is 6.01. The molecule has 124 valence electrons. The number of hydrogen-bond donors (Lipinski definition) is 2. The molecule has 1 aromatic heterocycles. The lowest BCUT2D eigenvalue weighted by Gasteiger charge is -2.15. The molecule has 0 saturated heterocycles. The lowest BCUT2D eigenvalue weighted by molar-refractivity contribution is -0.119. The molecule has 24 heavy (non-hydrogen) atoms. The molecule has 1 heterocycles. The molecule has 0 saturated carbocycles. The van der Waals surface area contributed by atoms with Crippen molar-refractivity contribution in [2.24, 2.45) is 0 Å². The van der Waals surface area contributed by atoms with Gasteiger partial charge in [-0.15, -0.1) is 11.3 Å². The summed E-state index contributed by atoms with van der Waals surface area (Å²) in [5, 5.41) is 16.3. The van der Waals surface area contributed by atoms with E-state index in [0.29, 0.717) is 16.3 Å². The van der Waals surface area contributed by atoms with E-state index < -0.39 is 5.82 Å². The molecule has 0 aliphatic rings. The Morgan fingerprint density at radius 3 is 2.62 bits per heavy atom. The van der Waals surface area contributed by atoms with Gasteiger partial charge in [0.2, 0.25) is 11.8 Å². The summed E-state index contributed by atoms with van der Waals surface area (Å²) in [5.41, 5.74) is 0.759. The van der Waals surface area contributed by atoms with Crippen molar-refractivity contribution in [3.8, 4) is 6.07 Å². The lowest BCUT2D eigenvalue weighted by atomic mass is 10.3. The number of thiophene rings is 1. The number of nitrogens with one attached hydrogen (secondary N) is 2. The van der Waals surface area contributed by atoms with E-state index in [4.69, 9.17) is 5.26 Å². The largest absolute Gasteiger partial charge is 0.325 e. The Hall–Kier alpha value is -2.76. The van der Waals surface area contributed by atoms with Crippen LogP contribution < -0.4 is 10.6 Å². The van der Waals surface area contributed by atoms with Gasteiger partial charge in [0.05, 0.1) is 18.7 Å². The van der Waals surface area contributed by atoms with E-state index in [1.165, 1.54) is 34.4 Å². The maximum Gasteiger partial charge on any atom is 0.239 e. The maximum atomic E-state index is 13.1. The number of nitrogens with zero attached hydrogens (tertiary/aromatic N) is 2. The molecule has 0 atom stereocenters. The zero-order chi connectivity index (χ0) is 17.5. The number of halogens is 1. The molecule has 0 radical (unpaired) electrons. The first kappa shape index (κ1) is 17.6. The molecule has 2 amide bonds. The second-order valence-corrected chi connectivity index (χ2v) is 5.97. The minimum absolute atomic E-state index is 0.0145. The molecule has 2 rings (SSSR count). The minimum Gasteiger partial charge on any atom is -0.325 e. The highest BCUT2D eigenvalue weighted by Gasteiger charge is 2.13. The number of carbonyl (C=O) groups excluding carboxylic acids is 2. The SMILES string of the molecule is CN(CC(=O)Nc1cccc(F)c1)CC(=O)Nc1sccc1C#N. The monoisotopic (exact) mass is 346 g/mol. The zero-order valence-electron chi connectivity index (χ0n) is 12.9. The number of carbonyl (C=O) groups is 2. The highest BCUT2D eigenvalue weighted by atomic mass is 32.1. The van der Waals surface area contributed by atoms with Crippen LogP contribution in [0.25, 0.3) is 0 Å². The summed E-state index contributed by atoms with van der Waals surface area (Å²) < 4.78 is 13.1. The van der Waals surface area contributed by atoms with E-state index >= 15 is 0 Å². The van der Waals surface area contributed by atoms with Gasteiger partial charge < -0.3 is 10.6 Å². The Labute approximate surface area is 142 Å². The van der Waals surface area contributed by atoms with Gasteiger partial charge in [0.1, 0.15) is 16.9 Å². The number of likely N-dealkylation sites (N-methyl/N-ethyl adjacent to an activating group) is 1. The number of anilines is 2. The fraction of sp³-hybridized carbons (Fsp3) is 0.188. The van der Waals surface area contributed by atoms with E-state index in [-0.39, 0.29) is 24.9 Å². The summed E-state index contributed by atoms with van der Waals surface area (Å²) in [5.74, 6) is -1.12. The Bertz CT molecular complexity index is 784. The lowest BCUT2D eigenvalue weighted by Crippen LogP contribution is -2.36. The van der Waals surface area contributed by atoms with E-state index in [1.54, 1.807) is 24.6 Å². The zero-order valence-corrected chi connectivity index (χ0v) is 13.7. The van der Waals surface area contributed by atoms with Crippen LogP contribution in [-0.2, 0) is 9.59 Å². The van der Waals surface area contributed by atoms with Crippen LogP contribution in [-0.4, -0.2) is 36.9 Å². The Morgan fingerprint density at radius 1 is 1.25 bits per heavy atom. The van der Waals surface area contributed by atoms with Gasteiger partial charge in [0, 0.05) is 5.69 Å². The molecular formula is C16H15FN4O2S. The molecule has 2 N–H and O–H groups in total. The molecule has 2 aromatic rings. The smallest absolute Gasteiger partial charge is 0.239 e. The van der Waals surface area contributed by atoms with Crippen LogP contribution >= 0.6 is 11.3 Å². The van der Waals surface area contributed by atoms with Gasteiger partial charge in [-0.05, 0) is 36.7 Å². The van der Waals surface area contributed by atoms with Crippen LogP contribution in [0.3, 0.4) is 0 Å². The molecule has 0 aliphatic heterocycles. The van der Waals surface area contributed by atoms with Crippen LogP contribution in [0.15, 0.2) is 35.7 Å². The van der Waals surface area contributed by atoms with Crippen LogP contribution in [0.1, 0.15) is 5.56 Å². The molecule has 0 bridgehead atoms. The Morgan fingerprint density at radius 2 is 1.96 bits per heavy atom. The number of nitriles is 1. The highest BCUT2D eigenvalue weighted by Crippen LogP contribution is 2.21. The van der Waals surface area contributed by atoms with E-state index in [2.05, 4.69) is 10.6 Å². The molecule has 8 heteroatoms. The summed E-state index contributed by atoms with van der Waals surface area (Å²) in [6, 6.07) is 9.18. The standard InChI is InChI=1S/C16H15FN4O2S/c1-21(9-14(22)19-13-4-2-3-12(17)7-13)10-15(23)20-16-11(8-18)5-6-24-16/h2-7H,9-10H2,1H3,(H,19,22)(H,20,23). The van der Waals surface area contributed by atoms with Crippen molar-refractivity contribution in [3.63, 3.8) is 0 Å². The molecule has 1 aromatic carbocycles. The normalized spacial score (nSPS) is 10.2. The summed E-state index contributed by atoms with van der Waals surface area (Å²) in [7, 11) is 1.62. The van der Waals surface area contributed by atoms with Crippen LogP contribution in [0.2, 0.25) is 0 Å². The summed E-state index contributed by atoms with van der Waals surface area (Å²) in [4.78, 5) is 25.3. The summed E-state index contributed by atoms with van der Waals surface area (Å²) in [6.45, 7) is -0.0428. The van der Waals surface area contributed by atoms with Crippen molar-refractivity contribution in [2.45, 2.75) is 0 Å². The third kappa shape index (κ3) is 5.15. The molecule has 0 unspecified atom stereocenters. The molecular weight excluding hydrogens is 331 g/mol. The minimum atomic E-state index is -0.440. The number of benzene rings is 1. The first-order valence-corrected chi connectivity index (χ1v) is 7.87. The van der Waals surface area contributed by atoms with Crippen LogP contribution in [0.5, 0.6) is 0 Å². The van der Waals surface area contributed by atoms with Crippen molar-refractivity contribution in [1.29, 1.82) is 5.26 Å². The quantitative estimate of drug-likeness (QED) is 0.840. The second-order valence-electron chi connectivity index (χ2n) is 5.05. The van der Waals surface area contributed by atoms with E-state index in [9.17, 15) is 14.0 Å². The van der Waals surface area contributed by atoms with E-state index in [0.717, 1.165) is 0 Å².